The minimum atomic E-state index is -1.33. The second-order valence-corrected chi connectivity index (χ2v) is 17.0. The molecule has 4 unspecified atom stereocenters. The number of likely N-dealkylation sites (tertiary alicyclic amines) is 1. The largest absolute Gasteiger partial charge is 0.453 e. The summed E-state index contributed by atoms with van der Waals surface area (Å²) in [5, 5.41) is 16.0. The molecular weight excluding hydrogens is 763 g/mol. The zero-order valence-electron chi connectivity index (χ0n) is 35.4. The van der Waals surface area contributed by atoms with Gasteiger partial charge in [-0.1, -0.05) is 83.7 Å². The number of benzene rings is 1. The van der Waals surface area contributed by atoms with E-state index in [4.69, 9.17) is 0 Å². The number of hydrogen-bond acceptors (Lipinski definition) is 10. The molecule has 2 saturated carbocycles. The Morgan fingerprint density at radius 1 is 0.780 bits per heavy atom. The minimum Gasteiger partial charge on any atom is -0.453 e. The molecule has 1 heterocycles. The Kier molecular flexibility index (Phi) is 16.7. The number of carbonyl (C=O) groups is 8. The van der Waals surface area contributed by atoms with Gasteiger partial charge in [0.25, 0.3) is 5.91 Å². The van der Waals surface area contributed by atoms with Gasteiger partial charge < -0.3 is 46.3 Å². The summed E-state index contributed by atoms with van der Waals surface area (Å²) < 4.78 is 9.27. The van der Waals surface area contributed by atoms with Gasteiger partial charge in [-0.25, -0.2) is 9.59 Å². The van der Waals surface area contributed by atoms with Crippen LogP contribution in [-0.4, -0.2) is 109 Å². The molecule has 17 heteroatoms. The predicted molar refractivity (Wildman–Crippen MR) is 216 cm³/mol. The number of piperidine rings is 1. The summed E-state index contributed by atoms with van der Waals surface area (Å²) in [6.45, 7) is 8.65. The third-order valence-electron chi connectivity index (χ3n) is 11.7. The fourth-order valence-corrected chi connectivity index (χ4v) is 8.53. The van der Waals surface area contributed by atoms with Crippen molar-refractivity contribution >= 4 is 47.5 Å². The van der Waals surface area contributed by atoms with Crippen LogP contribution in [0, 0.1) is 17.3 Å². The number of nitrogens with zero attached hydrogens (tertiary/aromatic N) is 1. The van der Waals surface area contributed by atoms with Crippen LogP contribution in [0.4, 0.5) is 9.59 Å². The Balaban J connectivity index is 1.55. The summed E-state index contributed by atoms with van der Waals surface area (Å²) in [7, 11) is 2.27. The van der Waals surface area contributed by atoms with E-state index >= 15 is 0 Å². The van der Waals surface area contributed by atoms with Crippen molar-refractivity contribution in [3.05, 3.63) is 35.9 Å². The second kappa shape index (κ2) is 21.2. The molecule has 4 rings (SSSR count). The molecule has 1 aliphatic heterocycles. The maximum absolute atomic E-state index is 14.8. The van der Waals surface area contributed by atoms with Gasteiger partial charge in [-0.05, 0) is 68.3 Å². The van der Waals surface area contributed by atoms with Crippen LogP contribution < -0.4 is 31.9 Å². The number of alkyl carbamates (subject to hydrolysis) is 2. The molecule has 1 aromatic rings. The Bertz CT molecular complexity index is 1680. The first-order valence-corrected chi connectivity index (χ1v) is 20.8. The highest BCUT2D eigenvalue weighted by Crippen LogP contribution is 2.44. The molecular formula is C42H63N7O10. The number of amides is 7. The fourth-order valence-electron chi connectivity index (χ4n) is 8.53. The molecule has 0 radical (unpaired) electrons. The molecule has 3 aliphatic rings. The van der Waals surface area contributed by atoms with Crippen molar-refractivity contribution in [2.45, 2.75) is 141 Å². The van der Waals surface area contributed by atoms with E-state index in [-0.39, 0.29) is 30.8 Å². The summed E-state index contributed by atoms with van der Waals surface area (Å²) in [5.74, 6) is -4.43. The van der Waals surface area contributed by atoms with Gasteiger partial charge in [0.05, 0.1) is 32.8 Å². The van der Waals surface area contributed by atoms with Crippen molar-refractivity contribution in [1.82, 2.24) is 36.8 Å². The van der Waals surface area contributed by atoms with Gasteiger partial charge in [-0.15, -0.1) is 0 Å². The molecule has 0 spiro atoms. The van der Waals surface area contributed by atoms with E-state index in [0.29, 0.717) is 38.5 Å². The summed E-state index contributed by atoms with van der Waals surface area (Å²) in [5.41, 5.74) is -0.0359. The second-order valence-electron chi connectivity index (χ2n) is 17.0. The number of Topliss-reactive ketones (excluding diaryl/α,β-unsaturated/α-hetero) is 1. The lowest BCUT2D eigenvalue weighted by Crippen LogP contribution is -2.64. The third kappa shape index (κ3) is 12.2. The van der Waals surface area contributed by atoms with Gasteiger partial charge in [-0.2, -0.15) is 0 Å². The van der Waals surface area contributed by atoms with E-state index in [9.17, 15) is 38.4 Å². The summed E-state index contributed by atoms with van der Waals surface area (Å²) in [6, 6.07) is 2.89. The molecule has 59 heavy (non-hydrogen) atoms. The molecule has 1 aromatic carbocycles. The van der Waals surface area contributed by atoms with Crippen molar-refractivity contribution in [2.75, 3.05) is 20.8 Å². The van der Waals surface area contributed by atoms with E-state index in [1.165, 1.54) is 0 Å². The van der Waals surface area contributed by atoms with Crippen LogP contribution in [0.1, 0.15) is 110 Å². The smallest absolute Gasteiger partial charge is 0.407 e. The van der Waals surface area contributed by atoms with Crippen LogP contribution in [0.15, 0.2) is 30.3 Å². The molecule has 2 bridgehead atoms. The van der Waals surface area contributed by atoms with E-state index in [2.05, 4.69) is 41.4 Å². The van der Waals surface area contributed by atoms with Gasteiger partial charge in [0.1, 0.15) is 24.2 Å². The zero-order chi connectivity index (χ0) is 43.4. The van der Waals surface area contributed by atoms with E-state index in [1.807, 2.05) is 37.3 Å². The molecule has 2 aliphatic carbocycles. The summed E-state index contributed by atoms with van der Waals surface area (Å²) >= 11 is 0. The van der Waals surface area contributed by atoms with Crippen LogP contribution in [0.3, 0.4) is 0 Å². The standard InChI is InChI=1S/C42H63N7O10/c1-8-15-29(33(50)38(54)44-24(2)25-16-11-9-12-17-25)45-37(53)32-27-20-21-28(22-27)49(32)39(55)34(42(3,4)5)48-36(52)31(26-18-13-10-14-19-26)47-35(51)30(46-41(57)59-7)23-43-40(56)58-6/h9,11-12,16-17,24,26-32,34H,8,10,13-15,18-23H2,1-7H3,(H,43,56)(H,44,54)(H,45,53)(H,46,57)(H,47,51)(H,48,52)/t24-,27?,28?,29?,30-,31-,32?,34+/m0/s1. The molecule has 6 N–H and O–H groups in total. The zero-order valence-corrected chi connectivity index (χ0v) is 35.4. The maximum atomic E-state index is 14.8. The number of carbonyl (C=O) groups excluding carboxylic acids is 8. The number of rotatable bonds is 17. The third-order valence-corrected chi connectivity index (χ3v) is 11.7. The van der Waals surface area contributed by atoms with Crippen LogP contribution in [-0.2, 0) is 38.2 Å². The Morgan fingerprint density at radius 3 is 2.05 bits per heavy atom. The quantitative estimate of drug-likeness (QED) is 0.126. The monoisotopic (exact) mass is 825 g/mol. The fraction of sp³-hybridized carbons (Fsp3) is 0.667. The number of ketones is 1. The van der Waals surface area contributed by atoms with Crippen LogP contribution in [0.2, 0.25) is 0 Å². The van der Waals surface area contributed by atoms with Crippen LogP contribution in [0.5, 0.6) is 0 Å². The lowest BCUT2D eigenvalue weighted by molar-refractivity contribution is -0.149. The van der Waals surface area contributed by atoms with Gasteiger partial charge in [0, 0.05) is 6.04 Å². The Morgan fingerprint density at radius 2 is 1.44 bits per heavy atom. The highest BCUT2D eigenvalue weighted by Gasteiger charge is 2.54. The van der Waals surface area contributed by atoms with Gasteiger partial charge in [0.15, 0.2) is 0 Å². The number of ether oxygens (including phenoxy) is 2. The van der Waals surface area contributed by atoms with Crippen molar-refractivity contribution in [3.8, 4) is 0 Å². The highest BCUT2D eigenvalue weighted by atomic mass is 16.5. The topological polar surface area (TPSA) is 230 Å². The molecule has 1 saturated heterocycles. The summed E-state index contributed by atoms with van der Waals surface area (Å²) in [4.78, 5) is 109. The van der Waals surface area contributed by atoms with E-state index < -0.39 is 89.2 Å². The average molecular weight is 826 g/mol. The van der Waals surface area contributed by atoms with Gasteiger partial charge in [0.2, 0.25) is 29.4 Å². The molecule has 3 fully saturated rings. The number of nitrogens with one attached hydrogen (secondary N) is 6. The molecule has 8 atom stereocenters. The van der Waals surface area contributed by atoms with E-state index in [1.54, 1.807) is 32.6 Å². The Labute approximate surface area is 346 Å². The summed E-state index contributed by atoms with van der Waals surface area (Å²) in [6.07, 6.45) is 4.75. The first kappa shape index (κ1) is 46.5. The predicted octanol–water partition coefficient (Wildman–Crippen LogP) is 2.77. The van der Waals surface area contributed by atoms with Gasteiger partial charge in [-0.3, -0.25) is 28.8 Å². The first-order chi connectivity index (χ1) is 28.0. The van der Waals surface area contributed by atoms with Crippen molar-refractivity contribution < 1.29 is 47.8 Å². The van der Waals surface area contributed by atoms with E-state index in [0.717, 1.165) is 39.0 Å². The number of methoxy groups -OCH3 is 2. The molecule has 7 amide bonds. The number of hydrogen-bond donors (Lipinski definition) is 6. The lowest BCUT2D eigenvalue weighted by atomic mass is 9.81. The van der Waals surface area contributed by atoms with Crippen molar-refractivity contribution in [3.63, 3.8) is 0 Å². The normalized spacial score (nSPS) is 21.4. The maximum Gasteiger partial charge on any atom is 0.407 e. The molecule has 17 nitrogen and oxygen atoms in total. The average Bonchev–Trinajstić information content (AvgIpc) is 3.85. The Hall–Kier alpha value is -5.22. The van der Waals surface area contributed by atoms with Crippen LogP contribution in [0.25, 0.3) is 0 Å². The minimum absolute atomic E-state index is 0.184. The molecule has 0 aromatic heterocycles. The highest BCUT2D eigenvalue weighted by molar-refractivity contribution is 6.38. The first-order valence-electron chi connectivity index (χ1n) is 20.8. The van der Waals surface area contributed by atoms with Crippen LogP contribution >= 0.6 is 0 Å². The SMILES string of the molecule is CCCC(NC(=O)C1C2CCC(C2)N1C(=O)[C@@H](NC(=O)[C@@H](NC(=O)[C@H](CNC(=O)OC)NC(=O)OC)C1CCCCC1)C(C)(C)C)C(=O)C(=O)N[C@@H](C)c1ccccc1. The van der Waals surface area contributed by atoms with Crippen molar-refractivity contribution in [2.24, 2.45) is 17.3 Å². The van der Waals surface area contributed by atoms with Crippen molar-refractivity contribution in [1.29, 1.82) is 0 Å². The number of fused-ring (bicyclic) bond motifs is 2. The van der Waals surface area contributed by atoms with Gasteiger partial charge >= 0.3 is 12.2 Å². The lowest BCUT2D eigenvalue weighted by Gasteiger charge is -2.41. The molecule has 326 valence electrons.